The highest BCUT2D eigenvalue weighted by Gasteiger charge is 2.32. The van der Waals surface area contributed by atoms with Crippen LogP contribution in [0.3, 0.4) is 0 Å². The first-order valence-electron chi connectivity index (χ1n) is 7.66. The van der Waals surface area contributed by atoms with Gasteiger partial charge in [-0.25, -0.2) is 0 Å². The van der Waals surface area contributed by atoms with Gasteiger partial charge in [-0.2, -0.15) is 0 Å². The SMILES string of the molecule is CNC(C)C(C)(C)CN1CCCN2CCCC2C1. The van der Waals surface area contributed by atoms with E-state index in [1.165, 1.54) is 52.0 Å². The fourth-order valence-corrected chi connectivity index (χ4v) is 3.53. The topological polar surface area (TPSA) is 18.5 Å². The van der Waals surface area contributed by atoms with Gasteiger partial charge in [-0.3, -0.25) is 4.90 Å². The molecule has 106 valence electrons. The van der Waals surface area contributed by atoms with Crippen LogP contribution in [0.15, 0.2) is 0 Å². The number of hydrogen-bond acceptors (Lipinski definition) is 3. The van der Waals surface area contributed by atoms with E-state index in [9.17, 15) is 0 Å². The zero-order valence-corrected chi connectivity index (χ0v) is 12.7. The summed E-state index contributed by atoms with van der Waals surface area (Å²) in [6.45, 7) is 13.6. The Morgan fingerprint density at radius 2 is 1.94 bits per heavy atom. The molecule has 0 saturated carbocycles. The monoisotopic (exact) mass is 253 g/mol. The Hall–Kier alpha value is -0.120. The van der Waals surface area contributed by atoms with E-state index >= 15 is 0 Å². The Bertz CT molecular complexity index is 264. The molecular weight excluding hydrogens is 222 g/mol. The Balaban J connectivity index is 1.92. The van der Waals surface area contributed by atoms with E-state index in [0.29, 0.717) is 11.5 Å². The summed E-state index contributed by atoms with van der Waals surface area (Å²) >= 11 is 0. The molecule has 2 saturated heterocycles. The first kappa shape index (κ1) is 14.3. The highest BCUT2D eigenvalue weighted by atomic mass is 15.3. The van der Waals surface area contributed by atoms with Crippen LogP contribution in [-0.4, -0.2) is 61.7 Å². The zero-order chi connectivity index (χ0) is 13.2. The minimum absolute atomic E-state index is 0.350. The molecule has 3 nitrogen and oxygen atoms in total. The molecule has 0 aromatic carbocycles. The van der Waals surface area contributed by atoms with Crippen LogP contribution in [0.4, 0.5) is 0 Å². The molecule has 2 heterocycles. The second-order valence-electron chi connectivity index (χ2n) is 6.92. The fourth-order valence-electron chi connectivity index (χ4n) is 3.53. The van der Waals surface area contributed by atoms with Crippen LogP contribution in [0, 0.1) is 5.41 Å². The molecule has 2 aliphatic heterocycles. The van der Waals surface area contributed by atoms with Crippen LogP contribution in [0.2, 0.25) is 0 Å². The Morgan fingerprint density at radius 3 is 2.67 bits per heavy atom. The summed E-state index contributed by atoms with van der Waals surface area (Å²) in [5.74, 6) is 0. The molecule has 2 aliphatic rings. The first-order valence-corrected chi connectivity index (χ1v) is 7.66. The second kappa shape index (κ2) is 5.89. The second-order valence-corrected chi connectivity index (χ2v) is 6.92. The number of fused-ring (bicyclic) bond motifs is 1. The predicted octanol–water partition coefficient (Wildman–Crippen LogP) is 1.79. The molecule has 18 heavy (non-hydrogen) atoms. The average molecular weight is 253 g/mol. The molecule has 0 bridgehead atoms. The van der Waals surface area contributed by atoms with Gasteiger partial charge in [0.25, 0.3) is 0 Å². The molecule has 0 aromatic rings. The quantitative estimate of drug-likeness (QED) is 0.824. The van der Waals surface area contributed by atoms with Crippen LogP contribution in [0.5, 0.6) is 0 Å². The number of nitrogens with zero attached hydrogens (tertiary/aromatic N) is 2. The fraction of sp³-hybridized carbons (Fsp3) is 1.00. The van der Waals surface area contributed by atoms with Crippen LogP contribution in [-0.2, 0) is 0 Å². The van der Waals surface area contributed by atoms with Crippen molar-refractivity contribution in [1.82, 2.24) is 15.1 Å². The van der Waals surface area contributed by atoms with Gasteiger partial charge in [0.05, 0.1) is 0 Å². The predicted molar refractivity (Wildman–Crippen MR) is 78.0 cm³/mol. The molecule has 3 heteroatoms. The maximum Gasteiger partial charge on any atom is 0.0223 e. The lowest BCUT2D eigenvalue weighted by atomic mass is 9.84. The van der Waals surface area contributed by atoms with Crippen LogP contribution < -0.4 is 5.32 Å². The molecule has 2 rings (SSSR count). The third kappa shape index (κ3) is 3.25. The molecule has 0 aliphatic carbocycles. The van der Waals surface area contributed by atoms with E-state index in [4.69, 9.17) is 0 Å². The number of hydrogen-bond donors (Lipinski definition) is 1. The first-order chi connectivity index (χ1) is 8.53. The third-order valence-electron chi connectivity index (χ3n) is 5.12. The van der Waals surface area contributed by atoms with Crippen LogP contribution in [0.1, 0.15) is 40.0 Å². The summed E-state index contributed by atoms with van der Waals surface area (Å²) in [6.07, 6.45) is 4.17. The third-order valence-corrected chi connectivity index (χ3v) is 5.12. The van der Waals surface area contributed by atoms with E-state index < -0.39 is 0 Å². The van der Waals surface area contributed by atoms with Gasteiger partial charge in [0, 0.05) is 25.2 Å². The van der Waals surface area contributed by atoms with Gasteiger partial charge in [-0.1, -0.05) is 13.8 Å². The van der Waals surface area contributed by atoms with Crippen molar-refractivity contribution in [3.63, 3.8) is 0 Å². The van der Waals surface area contributed by atoms with Crippen molar-refractivity contribution < 1.29 is 0 Å². The highest BCUT2D eigenvalue weighted by molar-refractivity contribution is 4.89. The van der Waals surface area contributed by atoms with Gasteiger partial charge < -0.3 is 10.2 Å². The molecule has 0 spiro atoms. The molecule has 2 fully saturated rings. The largest absolute Gasteiger partial charge is 0.317 e. The minimum Gasteiger partial charge on any atom is -0.317 e. The Labute approximate surface area is 113 Å². The van der Waals surface area contributed by atoms with E-state index in [2.05, 4.69) is 42.9 Å². The average Bonchev–Trinajstić information content (AvgIpc) is 2.67. The molecule has 0 amide bonds. The summed E-state index contributed by atoms with van der Waals surface area (Å²) < 4.78 is 0. The number of nitrogens with one attached hydrogen (secondary N) is 1. The van der Waals surface area contributed by atoms with E-state index in [1.807, 2.05) is 0 Å². The molecule has 0 aromatic heterocycles. The maximum atomic E-state index is 3.42. The molecular formula is C15H31N3. The lowest BCUT2D eigenvalue weighted by Gasteiger charge is -2.37. The van der Waals surface area contributed by atoms with Crippen LogP contribution >= 0.6 is 0 Å². The highest BCUT2D eigenvalue weighted by Crippen LogP contribution is 2.26. The summed E-state index contributed by atoms with van der Waals surface area (Å²) in [4.78, 5) is 5.43. The normalized spacial score (nSPS) is 29.0. The van der Waals surface area contributed by atoms with Gasteiger partial charge in [-0.15, -0.1) is 0 Å². The van der Waals surface area contributed by atoms with E-state index in [-0.39, 0.29) is 0 Å². The Morgan fingerprint density at radius 1 is 1.22 bits per heavy atom. The lowest BCUT2D eigenvalue weighted by molar-refractivity contribution is 0.136. The van der Waals surface area contributed by atoms with Crippen molar-refractivity contribution in [3.8, 4) is 0 Å². The smallest absolute Gasteiger partial charge is 0.0223 e. The van der Waals surface area contributed by atoms with Crippen molar-refractivity contribution >= 4 is 0 Å². The zero-order valence-electron chi connectivity index (χ0n) is 12.7. The van der Waals surface area contributed by atoms with Crippen LogP contribution in [0.25, 0.3) is 0 Å². The molecule has 2 unspecified atom stereocenters. The van der Waals surface area contributed by atoms with Crippen molar-refractivity contribution in [2.75, 3.05) is 39.8 Å². The van der Waals surface area contributed by atoms with Gasteiger partial charge in [0.1, 0.15) is 0 Å². The van der Waals surface area contributed by atoms with Crippen molar-refractivity contribution in [3.05, 3.63) is 0 Å². The lowest BCUT2D eigenvalue weighted by Crippen LogP contribution is -2.47. The molecule has 1 N–H and O–H groups in total. The molecule has 0 radical (unpaired) electrons. The summed E-state index contributed by atoms with van der Waals surface area (Å²) in [5, 5.41) is 3.42. The van der Waals surface area contributed by atoms with Gasteiger partial charge in [0.2, 0.25) is 0 Å². The Kier molecular flexibility index (Phi) is 4.68. The number of rotatable bonds is 4. The maximum absolute atomic E-state index is 3.42. The van der Waals surface area contributed by atoms with Gasteiger partial charge in [-0.05, 0) is 58.3 Å². The van der Waals surface area contributed by atoms with Gasteiger partial charge in [0.15, 0.2) is 0 Å². The van der Waals surface area contributed by atoms with Crippen molar-refractivity contribution in [1.29, 1.82) is 0 Å². The molecule has 2 atom stereocenters. The van der Waals surface area contributed by atoms with E-state index in [1.54, 1.807) is 0 Å². The van der Waals surface area contributed by atoms with Crippen molar-refractivity contribution in [2.24, 2.45) is 5.41 Å². The summed E-state index contributed by atoms with van der Waals surface area (Å²) in [6, 6.07) is 1.41. The standard InChI is InChI=1S/C15H31N3/c1-13(16-4)15(2,3)12-17-8-6-10-18-9-5-7-14(18)11-17/h13-14,16H,5-12H2,1-4H3. The van der Waals surface area contributed by atoms with E-state index in [0.717, 1.165) is 6.04 Å². The van der Waals surface area contributed by atoms with Gasteiger partial charge >= 0.3 is 0 Å². The summed E-state index contributed by atoms with van der Waals surface area (Å²) in [5.41, 5.74) is 0.350. The van der Waals surface area contributed by atoms with Crippen molar-refractivity contribution in [2.45, 2.75) is 52.1 Å². The summed E-state index contributed by atoms with van der Waals surface area (Å²) in [7, 11) is 2.08. The minimum atomic E-state index is 0.350.